The van der Waals surface area contributed by atoms with Gasteiger partial charge < -0.3 is 29.2 Å². The zero-order chi connectivity index (χ0) is 28.9. The second kappa shape index (κ2) is 12.5. The first kappa shape index (κ1) is 28.3. The third-order valence-electron chi connectivity index (χ3n) is 7.80. The van der Waals surface area contributed by atoms with E-state index in [1.807, 2.05) is 11.0 Å². The molecule has 2 aromatic carbocycles. The highest BCUT2D eigenvalue weighted by Gasteiger charge is 2.24. The van der Waals surface area contributed by atoms with Gasteiger partial charge in [0, 0.05) is 51.4 Å². The molecular formula is C32H38N4O5. The number of aryl methyl sites for hydroxylation is 3. The van der Waals surface area contributed by atoms with Gasteiger partial charge in [-0.2, -0.15) is 0 Å². The van der Waals surface area contributed by atoms with Gasteiger partial charge in [-0.05, 0) is 75.1 Å². The lowest BCUT2D eigenvalue weighted by Crippen LogP contribution is -2.47. The minimum atomic E-state index is -0.464. The van der Waals surface area contributed by atoms with E-state index in [2.05, 4.69) is 47.2 Å². The minimum absolute atomic E-state index is 0.161. The molecule has 0 atom stereocenters. The summed E-state index contributed by atoms with van der Waals surface area (Å²) in [7, 11) is 0. The summed E-state index contributed by atoms with van der Waals surface area (Å²) in [5.41, 5.74) is 5.52. The highest BCUT2D eigenvalue weighted by atomic mass is 16.5. The molecule has 0 saturated carbocycles. The van der Waals surface area contributed by atoms with Crippen LogP contribution in [0.2, 0.25) is 0 Å². The van der Waals surface area contributed by atoms with Crippen LogP contribution >= 0.6 is 0 Å². The molecule has 1 aromatic heterocycles. The topological polar surface area (TPSA) is 95.3 Å². The van der Waals surface area contributed by atoms with Crippen LogP contribution < -0.4 is 15.1 Å². The van der Waals surface area contributed by atoms with E-state index >= 15 is 0 Å². The summed E-state index contributed by atoms with van der Waals surface area (Å²) in [5, 5.41) is 2.96. The SMILES string of the molecule is Cc1ccc(C(=O)Nc2cc(C(=O)OCCCN3CCCC3=O)ccc2N2CCN(c3c(C)cccc3C)CC2)o1. The summed E-state index contributed by atoms with van der Waals surface area (Å²) in [6.07, 6.45) is 2.07. The molecule has 5 rings (SSSR count). The average Bonchev–Trinajstić information content (AvgIpc) is 3.59. The Morgan fingerprint density at radius 2 is 1.66 bits per heavy atom. The number of likely N-dealkylation sites (tertiary alicyclic amines) is 1. The molecule has 0 bridgehead atoms. The number of anilines is 3. The molecular weight excluding hydrogens is 520 g/mol. The van der Waals surface area contributed by atoms with Crippen LogP contribution in [0.15, 0.2) is 52.9 Å². The van der Waals surface area contributed by atoms with Crippen molar-refractivity contribution < 1.29 is 23.5 Å². The molecule has 0 aliphatic carbocycles. The molecule has 0 spiro atoms. The number of piperazine rings is 1. The van der Waals surface area contributed by atoms with Crippen molar-refractivity contribution in [3.05, 3.63) is 76.7 Å². The Balaban J connectivity index is 1.29. The maximum atomic E-state index is 13.0. The fraction of sp³-hybridized carbons (Fsp3) is 0.406. The zero-order valence-electron chi connectivity index (χ0n) is 24.1. The number of benzene rings is 2. The summed E-state index contributed by atoms with van der Waals surface area (Å²) in [4.78, 5) is 44.2. The van der Waals surface area contributed by atoms with Gasteiger partial charge >= 0.3 is 5.97 Å². The molecule has 0 radical (unpaired) electrons. The molecule has 3 heterocycles. The molecule has 216 valence electrons. The number of nitrogens with zero attached hydrogens (tertiary/aromatic N) is 3. The normalized spacial score (nSPS) is 15.4. The number of hydrogen-bond acceptors (Lipinski definition) is 7. The predicted octanol–water partition coefficient (Wildman–Crippen LogP) is 4.95. The number of amides is 2. The number of ether oxygens (including phenoxy) is 1. The Morgan fingerprint density at radius 1 is 0.927 bits per heavy atom. The van der Waals surface area contributed by atoms with Crippen molar-refractivity contribution in [2.75, 3.05) is 61.0 Å². The van der Waals surface area contributed by atoms with Crippen LogP contribution in [0.4, 0.5) is 17.1 Å². The molecule has 3 aromatic rings. The standard InChI is InChI=1S/C32H38N4O5/c1-22-7-4-8-23(2)30(22)36-18-16-34(17-19-36)27-12-11-25(21-26(27)33-31(38)28-13-10-24(3)41-28)32(39)40-20-6-15-35-14-5-9-29(35)37/h4,7-8,10-13,21H,5-6,9,14-20H2,1-3H3,(H,33,38). The van der Waals surface area contributed by atoms with Crippen molar-refractivity contribution in [1.29, 1.82) is 0 Å². The average molecular weight is 559 g/mol. The van der Waals surface area contributed by atoms with E-state index in [4.69, 9.17) is 9.15 Å². The van der Waals surface area contributed by atoms with Crippen molar-refractivity contribution in [3.63, 3.8) is 0 Å². The molecule has 2 amide bonds. The molecule has 2 fully saturated rings. The maximum Gasteiger partial charge on any atom is 0.338 e. The van der Waals surface area contributed by atoms with Gasteiger partial charge in [0.2, 0.25) is 5.91 Å². The molecule has 2 aliphatic heterocycles. The Morgan fingerprint density at radius 3 is 2.32 bits per heavy atom. The Hall–Kier alpha value is -4.27. The Labute approximate surface area is 241 Å². The van der Waals surface area contributed by atoms with E-state index in [-0.39, 0.29) is 24.2 Å². The number of hydrogen-bond donors (Lipinski definition) is 1. The van der Waals surface area contributed by atoms with Gasteiger partial charge in [0.1, 0.15) is 5.76 Å². The maximum absolute atomic E-state index is 13.0. The van der Waals surface area contributed by atoms with E-state index < -0.39 is 5.97 Å². The molecule has 1 N–H and O–H groups in total. The lowest BCUT2D eigenvalue weighted by Gasteiger charge is -2.39. The quantitative estimate of drug-likeness (QED) is 0.293. The summed E-state index contributed by atoms with van der Waals surface area (Å²) in [6, 6.07) is 15.0. The van der Waals surface area contributed by atoms with Crippen LogP contribution in [0.5, 0.6) is 0 Å². The van der Waals surface area contributed by atoms with E-state index in [0.29, 0.717) is 36.4 Å². The summed E-state index contributed by atoms with van der Waals surface area (Å²) in [6.45, 7) is 10.8. The predicted molar refractivity (Wildman–Crippen MR) is 159 cm³/mol. The molecule has 9 nitrogen and oxygen atoms in total. The van der Waals surface area contributed by atoms with E-state index in [9.17, 15) is 14.4 Å². The number of carbonyl (C=O) groups excluding carboxylic acids is 3. The number of rotatable bonds is 9. The second-order valence-electron chi connectivity index (χ2n) is 10.8. The van der Waals surface area contributed by atoms with Gasteiger partial charge in [-0.25, -0.2) is 4.79 Å². The van der Waals surface area contributed by atoms with Crippen LogP contribution in [0.25, 0.3) is 0 Å². The van der Waals surface area contributed by atoms with Gasteiger partial charge in [-0.1, -0.05) is 18.2 Å². The highest BCUT2D eigenvalue weighted by Crippen LogP contribution is 2.32. The van der Waals surface area contributed by atoms with Crippen molar-refractivity contribution >= 4 is 34.8 Å². The molecule has 41 heavy (non-hydrogen) atoms. The van der Waals surface area contributed by atoms with Crippen LogP contribution in [-0.4, -0.2) is 68.6 Å². The first-order chi connectivity index (χ1) is 19.8. The van der Waals surface area contributed by atoms with Crippen molar-refractivity contribution in [2.45, 2.75) is 40.0 Å². The van der Waals surface area contributed by atoms with Crippen LogP contribution in [0, 0.1) is 20.8 Å². The highest BCUT2D eigenvalue weighted by molar-refractivity contribution is 6.05. The second-order valence-corrected chi connectivity index (χ2v) is 10.8. The Bertz CT molecular complexity index is 1400. The Kier molecular flexibility index (Phi) is 8.61. The van der Waals surface area contributed by atoms with Crippen LogP contribution in [-0.2, 0) is 9.53 Å². The summed E-state index contributed by atoms with van der Waals surface area (Å²) < 4.78 is 11.0. The number of furan rings is 1. The first-order valence-electron chi connectivity index (χ1n) is 14.3. The van der Waals surface area contributed by atoms with Crippen LogP contribution in [0.3, 0.4) is 0 Å². The molecule has 9 heteroatoms. The van der Waals surface area contributed by atoms with Crippen LogP contribution in [0.1, 0.15) is 57.1 Å². The van der Waals surface area contributed by atoms with Gasteiger partial charge in [-0.3, -0.25) is 9.59 Å². The minimum Gasteiger partial charge on any atom is -0.462 e. The third-order valence-corrected chi connectivity index (χ3v) is 7.80. The molecule has 2 aliphatic rings. The third kappa shape index (κ3) is 6.56. The van der Waals surface area contributed by atoms with Gasteiger partial charge in [0.05, 0.1) is 23.5 Å². The number of esters is 1. The largest absolute Gasteiger partial charge is 0.462 e. The van der Waals surface area contributed by atoms with Gasteiger partial charge in [0.25, 0.3) is 5.91 Å². The van der Waals surface area contributed by atoms with Gasteiger partial charge in [-0.15, -0.1) is 0 Å². The first-order valence-corrected chi connectivity index (χ1v) is 14.3. The van der Waals surface area contributed by atoms with E-state index in [1.54, 1.807) is 31.2 Å². The van der Waals surface area contributed by atoms with Crippen molar-refractivity contribution in [2.24, 2.45) is 0 Å². The molecule has 0 unspecified atom stereocenters. The van der Waals surface area contributed by atoms with Crippen molar-refractivity contribution in [1.82, 2.24) is 4.90 Å². The van der Waals surface area contributed by atoms with Gasteiger partial charge in [0.15, 0.2) is 5.76 Å². The smallest absolute Gasteiger partial charge is 0.338 e. The monoisotopic (exact) mass is 558 g/mol. The number of para-hydroxylation sites is 1. The molecule has 2 saturated heterocycles. The fourth-order valence-electron chi connectivity index (χ4n) is 5.70. The number of nitrogens with one attached hydrogen (secondary N) is 1. The lowest BCUT2D eigenvalue weighted by molar-refractivity contribution is -0.127. The van der Waals surface area contributed by atoms with E-state index in [1.165, 1.54) is 16.8 Å². The summed E-state index contributed by atoms with van der Waals surface area (Å²) >= 11 is 0. The van der Waals surface area contributed by atoms with Crippen molar-refractivity contribution in [3.8, 4) is 0 Å². The van der Waals surface area contributed by atoms with E-state index in [0.717, 1.165) is 44.8 Å². The lowest BCUT2D eigenvalue weighted by atomic mass is 10.1. The fourth-order valence-corrected chi connectivity index (χ4v) is 5.70. The summed E-state index contributed by atoms with van der Waals surface area (Å²) in [5.74, 6) is 0.167. The zero-order valence-corrected chi connectivity index (χ0v) is 24.1. The number of carbonyl (C=O) groups is 3.